The molecule has 0 aliphatic rings. The van der Waals surface area contributed by atoms with Crippen molar-refractivity contribution in [2.24, 2.45) is 0 Å². The molecule has 262 valence electrons. The number of nitrogens with zero attached hydrogens (tertiary/aromatic N) is 5. The van der Waals surface area contributed by atoms with E-state index in [1.54, 1.807) is 0 Å². The molecule has 11 aromatic rings. The van der Waals surface area contributed by atoms with Crippen molar-refractivity contribution in [2.45, 2.75) is 0 Å². The Morgan fingerprint density at radius 1 is 0.339 bits per heavy atom. The fourth-order valence-electron chi connectivity index (χ4n) is 8.17. The first kappa shape index (κ1) is 31.9. The molecule has 0 saturated carbocycles. The lowest BCUT2D eigenvalue weighted by Gasteiger charge is -2.12. The number of rotatable bonds is 6. The van der Waals surface area contributed by atoms with Crippen molar-refractivity contribution < 1.29 is 0 Å². The van der Waals surface area contributed by atoms with Gasteiger partial charge in [0.15, 0.2) is 17.5 Å². The highest BCUT2D eigenvalue weighted by Gasteiger charge is 2.18. The van der Waals surface area contributed by atoms with Crippen LogP contribution >= 0.6 is 0 Å². The van der Waals surface area contributed by atoms with E-state index in [9.17, 15) is 0 Å². The largest absolute Gasteiger partial charge is 0.316 e. The Bertz CT molecular complexity index is 3160. The van der Waals surface area contributed by atoms with Crippen LogP contribution in [0.2, 0.25) is 0 Å². The lowest BCUT2D eigenvalue weighted by molar-refractivity contribution is 1.07. The average molecular weight is 716 g/mol. The molecule has 8 aromatic carbocycles. The Kier molecular flexibility index (Phi) is 7.42. The summed E-state index contributed by atoms with van der Waals surface area (Å²) in [6, 6.07) is 68.2. The maximum atomic E-state index is 4.96. The lowest BCUT2D eigenvalue weighted by atomic mass is 10.0. The predicted octanol–water partition coefficient (Wildman–Crippen LogP) is 12.7. The van der Waals surface area contributed by atoms with Gasteiger partial charge in [0.2, 0.25) is 0 Å². The molecule has 0 unspecified atom stereocenters. The Labute approximate surface area is 323 Å². The third-order valence-corrected chi connectivity index (χ3v) is 10.8. The van der Waals surface area contributed by atoms with Gasteiger partial charge in [-0.15, -0.1) is 0 Å². The van der Waals surface area contributed by atoms with E-state index in [0.29, 0.717) is 17.5 Å². The molecule has 0 aliphatic heterocycles. The number of hydrogen-bond donors (Lipinski definition) is 0. The first-order chi connectivity index (χ1) is 27.8. The molecule has 56 heavy (non-hydrogen) atoms. The number of fused-ring (bicyclic) bond motifs is 7. The van der Waals surface area contributed by atoms with Crippen LogP contribution in [0.5, 0.6) is 0 Å². The molecule has 5 nitrogen and oxygen atoms in total. The maximum Gasteiger partial charge on any atom is 0.164 e. The van der Waals surface area contributed by atoms with Gasteiger partial charge in [-0.05, 0) is 65.0 Å². The van der Waals surface area contributed by atoms with Crippen LogP contribution in [0.3, 0.4) is 0 Å². The van der Waals surface area contributed by atoms with Crippen LogP contribution in [0.25, 0.3) is 100 Å². The SMILES string of the molecule is c1ccc(-c2nc(-c3ccccc3)nc(-c3cccc(-c4ccc(-n5ccc6ccc7c(ccc8c7c7ccccc7n8-c7ccccc7)c65)cc4)c3)n2)cc1. The highest BCUT2D eigenvalue weighted by atomic mass is 15.0. The summed E-state index contributed by atoms with van der Waals surface area (Å²) >= 11 is 0. The molecule has 11 rings (SSSR count). The predicted molar refractivity (Wildman–Crippen MR) is 230 cm³/mol. The summed E-state index contributed by atoms with van der Waals surface area (Å²) in [6.07, 6.45) is 2.19. The van der Waals surface area contributed by atoms with Gasteiger partial charge in [-0.25, -0.2) is 15.0 Å². The standard InChI is InChI=1S/C51H33N5/c1-4-13-36(14-5-1)49-52-50(37-15-6-2-7-16-37)54-51(53-49)39-18-12-17-38(33-39)34-23-26-40(27-24-34)55-32-31-35-25-28-42-43(48(35)55)29-30-46-47(42)44-21-10-11-22-45(44)56(46)41-19-8-3-9-20-41/h1-33H. The van der Waals surface area contributed by atoms with Crippen molar-refractivity contribution in [1.82, 2.24) is 24.1 Å². The van der Waals surface area contributed by atoms with Crippen molar-refractivity contribution in [3.63, 3.8) is 0 Å². The molecule has 0 amide bonds. The Balaban J connectivity index is 0.991. The first-order valence-electron chi connectivity index (χ1n) is 18.9. The quantitative estimate of drug-likeness (QED) is 0.172. The van der Waals surface area contributed by atoms with Gasteiger partial charge in [0.1, 0.15) is 0 Å². The second kappa shape index (κ2) is 13.0. The molecule has 0 saturated heterocycles. The second-order valence-electron chi connectivity index (χ2n) is 14.1. The van der Waals surface area contributed by atoms with E-state index in [-0.39, 0.29) is 0 Å². The molecule has 0 fully saturated rings. The van der Waals surface area contributed by atoms with Crippen LogP contribution in [-0.4, -0.2) is 24.1 Å². The minimum absolute atomic E-state index is 0.642. The van der Waals surface area contributed by atoms with Gasteiger partial charge in [0, 0.05) is 55.8 Å². The van der Waals surface area contributed by atoms with E-state index in [1.807, 2.05) is 60.7 Å². The molecule has 0 N–H and O–H groups in total. The molecule has 3 heterocycles. The van der Waals surface area contributed by atoms with E-state index in [2.05, 4.69) is 149 Å². The van der Waals surface area contributed by atoms with Gasteiger partial charge >= 0.3 is 0 Å². The van der Waals surface area contributed by atoms with E-state index in [4.69, 9.17) is 15.0 Å². The Morgan fingerprint density at radius 2 is 0.929 bits per heavy atom. The normalized spacial score (nSPS) is 11.6. The Hall–Kier alpha value is -7.63. The van der Waals surface area contributed by atoms with Gasteiger partial charge in [-0.1, -0.05) is 146 Å². The summed E-state index contributed by atoms with van der Waals surface area (Å²) in [5.74, 6) is 1.94. The van der Waals surface area contributed by atoms with Gasteiger partial charge < -0.3 is 9.13 Å². The van der Waals surface area contributed by atoms with E-state index < -0.39 is 0 Å². The first-order valence-corrected chi connectivity index (χ1v) is 18.9. The number of para-hydroxylation sites is 2. The second-order valence-corrected chi connectivity index (χ2v) is 14.1. The molecule has 0 aliphatic carbocycles. The van der Waals surface area contributed by atoms with Gasteiger partial charge in [-0.2, -0.15) is 0 Å². The monoisotopic (exact) mass is 715 g/mol. The van der Waals surface area contributed by atoms with Gasteiger partial charge in [-0.3, -0.25) is 0 Å². The van der Waals surface area contributed by atoms with E-state index in [0.717, 1.165) is 39.2 Å². The highest BCUT2D eigenvalue weighted by molar-refractivity contribution is 6.25. The number of hydrogen-bond acceptors (Lipinski definition) is 3. The lowest BCUT2D eigenvalue weighted by Crippen LogP contribution is -2.00. The topological polar surface area (TPSA) is 48.5 Å². The molecule has 3 aromatic heterocycles. The van der Waals surface area contributed by atoms with Crippen LogP contribution in [0.1, 0.15) is 0 Å². The summed E-state index contributed by atoms with van der Waals surface area (Å²) in [7, 11) is 0. The number of benzene rings is 8. The number of aromatic nitrogens is 5. The van der Waals surface area contributed by atoms with Crippen LogP contribution in [0.4, 0.5) is 0 Å². The third-order valence-electron chi connectivity index (χ3n) is 10.8. The molecular formula is C51H33N5. The molecule has 5 heteroatoms. The summed E-state index contributed by atoms with van der Waals surface area (Å²) in [4.78, 5) is 14.8. The zero-order valence-electron chi connectivity index (χ0n) is 30.3. The van der Waals surface area contributed by atoms with Crippen molar-refractivity contribution in [3.05, 3.63) is 200 Å². The van der Waals surface area contributed by atoms with Crippen molar-refractivity contribution in [3.8, 4) is 56.7 Å². The van der Waals surface area contributed by atoms with Crippen LogP contribution < -0.4 is 0 Å². The highest BCUT2D eigenvalue weighted by Crippen LogP contribution is 2.40. The fourth-order valence-corrected chi connectivity index (χ4v) is 8.17. The zero-order chi connectivity index (χ0) is 37.0. The summed E-state index contributed by atoms with van der Waals surface area (Å²) < 4.78 is 4.70. The van der Waals surface area contributed by atoms with E-state index in [1.165, 1.54) is 43.5 Å². The van der Waals surface area contributed by atoms with Gasteiger partial charge in [0.25, 0.3) is 0 Å². The van der Waals surface area contributed by atoms with E-state index >= 15 is 0 Å². The minimum Gasteiger partial charge on any atom is -0.316 e. The van der Waals surface area contributed by atoms with Crippen LogP contribution in [0, 0.1) is 0 Å². The fraction of sp³-hybridized carbons (Fsp3) is 0. The summed E-state index contributed by atoms with van der Waals surface area (Å²) in [5.41, 5.74) is 10.9. The zero-order valence-corrected chi connectivity index (χ0v) is 30.3. The summed E-state index contributed by atoms with van der Waals surface area (Å²) in [6.45, 7) is 0. The smallest absolute Gasteiger partial charge is 0.164 e. The third kappa shape index (κ3) is 5.29. The molecule has 0 atom stereocenters. The van der Waals surface area contributed by atoms with Crippen molar-refractivity contribution in [1.29, 1.82) is 0 Å². The van der Waals surface area contributed by atoms with Gasteiger partial charge in [0.05, 0.1) is 16.6 Å². The summed E-state index contributed by atoms with van der Waals surface area (Å²) in [5, 5.41) is 6.22. The molecule has 0 radical (unpaired) electrons. The van der Waals surface area contributed by atoms with Crippen molar-refractivity contribution >= 4 is 43.5 Å². The Morgan fingerprint density at radius 3 is 1.64 bits per heavy atom. The average Bonchev–Trinajstić information content (AvgIpc) is 3.87. The molecular weight excluding hydrogens is 683 g/mol. The molecule has 0 bridgehead atoms. The minimum atomic E-state index is 0.642. The molecule has 0 spiro atoms. The van der Waals surface area contributed by atoms with Crippen LogP contribution in [-0.2, 0) is 0 Å². The van der Waals surface area contributed by atoms with Crippen molar-refractivity contribution in [2.75, 3.05) is 0 Å². The maximum absolute atomic E-state index is 4.96. The van der Waals surface area contributed by atoms with Crippen LogP contribution in [0.15, 0.2) is 200 Å².